The number of hydrogen-bond acceptors (Lipinski definition) is 2. The zero-order chi connectivity index (χ0) is 13.0. The average Bonchev–Trinajstić information content (AvgIpc) is 2.89. The van der Waals surface area contributed by atoms with Gasteiger partial charge in [-0.15, -0.1) is 0 Å². The number of benzene rings is 1. The molecule has 0 N–H and O–H groups in total. The van der Waals surface area contributed by atoms with Crippen molar-refractivity contribution in [1.82, 2.24) is 0 Å². The van der Waals surface area contributed by atoms with E-state index in [0.717, 1.165) is 11.3 Å². The van der Waals surface area contributed by atoms with Crippen LogP contribution in [0, 0.1) is 0 Å². The summed E-state index contributed by atoms with van der Waals surface area (Å²) >= 11 is 0. The van der Waals surface area contributed by atoms with Crippen molar-refractivity contribution in [2.45, 2.75) is 38.5 Å². The third kappa shape index (κ3) is 3.00. The lowest BCUT2D eigenvalue weighted by Gasteiger charge is -2.15. The summed E-state index contributed by atoms with van der Waals surface area (Å²) in [5, 5.41) is 0. The van der Waals surface area contributed by atoms with Gasteiger partial charge in [-0.25, -0.2) is 0 Å². The molecule has 1 aromatic rings. The van der Waals surface area contributed by atoms with E-state index in [4.69, 9.17) is 4.74 Å². The van der Waals surface area contributed by atoms with Gasteiger partial charge in [0, 0.05) is 0 Å². The molecule has 2 nitrogen and oxygen atoms in total. The Morgan fingerprint density at radius 3 is 2.67 bits per heavy atom. The minimum absolute atomic E-state index is 0.0771. The van der Waals surface area contributed by atoms with E-state index in [0.29, 0.717) is 5.92 Å². The van der Waals surface area contributed by atoms with Crippen LogP contribution >= 0.6 is 0 Å². The zero-order valence-corrected chi connectivity index (χ0v) is 11.1. The summed E-state index contributed by atoms with van der Waals surface area (Å²) in [4.78, 5) is 11.0. The van der Waals surface area contributed by atoms with Crippen molar-refractivity contribution in [2.75, 3.05) is 7.11 Å². The van der Waals surface area contributed by atoms with Crippen LogP contribution in [0.4, 0.5) is 0 Å². The quantitative estimate of drug-likeness (QED) is 0.749. The van der Waals surface area contributed by atoms with Crippen molar-refractivity contribution >= 4 is 11.9 Å². The summed E-state index contributed by atoms with van der Waals surface area (Å²) in [7, 11) is 1.72. The Labute approximate surface area is 109 Å². The molecule has 1 fully saturated rings. The second-order valence-corrected chi connectivity index (χ2v) is 4.93. The fourth-order valence-corrected chi connectivity index (χ4v) is 2.63. The van der Waals surface area contributed by atoms with Crippen LogP contribution in [-0.2, 0) is 4.79 Å². The van der Waals surface area contributed by atoms with Crippen molar-refractivity contribution < 1.29 is 9.53 Å². The van der Waals surface area contributed by atoms with Crippen LogP contribution in [0.5, 0.6) is 5.75 Å². The standard InChI is InChI=1S/C16H20O2/c1-12(17)7-8-13-9-10-16(18-2)15(11-13)14-5-3-4-6-14/h7-11,14H,3-6H2,1-2H3/b8-7+. The summed E-state index contributed by atoms with van der Waals surface area (Å²) < 4.78 is 5.45. The summed E-state index contributed by atoms with van der Waals surface area (Å²) in [6.07, 6.45) is 8.59. The molecule has 2 rings (SSSR count). The Kier molecular flexibility index (Phi) is 4.19. The van der Waals surface area contributed by atoms with Crippen LogP contribution in [0.15, 0.2) is 24.3 Å². The minimum atomic E-state index is 0.0771. The normalized spacial score (nSPS) is 16.3. The number of hydrogen-bond donors (Lipinski definition) is 0. The molecule has 18 heavy (non-hydrogen) atoms. The van der Waals surface area contributed by atoms with Crippen molar-refractivity contribution in [3.05, 3.63) is 35.4 Å². The largest absolute Gasteiger partial charge is 0.496 e. The lowest BCUT2D eigenvalue weighted by molar-refractivity contribution is -0.112. The Morgan fingerprint density at radius 2 is 2.06 bits per heavy atom. The molecule has 1 aliphatic rings. The van der Waals surface area contributed by atoms with E-state index in [-0.39, 0.29) is 5.78 Å². The molecule has 0 atom stereocenters. The molecule has 0 spiro atoms. The highest BCUT2D eigenvalue weighted by Crippen LogP contribution is 2.39. The number of ether oxygens (including phenoxy) is 1. The molecule has 0 aliphatic heterocycles. The number of rotatable bonds is 4. The second kappa shape index (κ2) is 5.85. The van der Waals surface area contributed by atoms with E-state index < -0.39 is 0 Å². The van der Waals surface area contributed by atoms with Crippen LogP contribution < -0.4 is 4.74 Å². The molecule has 1 aromatic carbocycles. The number of carbonyl (C=O) groups is 1. The predicted molar refractivity (Wildman–Crippen MR) is 73.9 cm³/mol. The molecule has 0 bridgehead atoms. The molecule has 96 valence electrons. The van der Waals surface area contributed by atoms with E-state index in [1.807, 2.05) is 18.2 Å². The number of ketones is 1. The van der Waals surface area contributed by atoms with Gasteiger partial charge in [0.25, 0.3) is 0 Å². The van der Waals surface area contributed by atoms with Gasteiger partial charge in [-0.1, -0.05) is 25.0 Å². The maximum Gasteiger partial charge on any atom is 0.152 e. The highest BCUT2D eigenvalue weighted by molar-refractivity contribution is 5.91. The van der Waals surface area contributed by atoms with Gasteiger partial charge in [0.1, 0.15) is 5.75 Å². The Bertz CT molecular complexity index is 454. The fourth-order valence-electron chi connectivity index (χ4n) is 2.63. The third-order valence-corrected chi connectivity index (χ3v) is 3.56. The van der Waals surface area contributed by atoms with E-state index >= 15 is 0 Å². The number of carbonyl (C=O) groups excluding carboxylic acids is 1. The van der Waals surface area contributed by atoms with E-state index in [1.165, 1.54) is 31.2 Å². The maximum absolute atomic E-state index is 11.0. The lowest BCUT2D eigenvalue weighted by Crippen LogP contribution is -1.97. The fraction of sp³-hybridized carbons (Fsp3) is 0.438. The van der Waals surface area contributed by atoms with Gasteiger partial charge in [0.2, 0.25) is 0 Å². The van der Waals surface area contributed by atoms with Crippen LogP contribution in [0.2, 0.25) is 0 Å². The molecule has 0 amide bonds. The first kappa shape index (κ1) is 12.9. The molecule has 0 aromatic heterocycles. The Hall–Kier alpha value is -1.57. The van der Waals surface area contributed by atoms with Gasteiger partial charge in [0.15, 0.2) is 5.78 Å². The highest BCUT2D eigenvalue weighted by atomic mass is 16.5. The van der Waals surface area contributed by atoms with Gasteiger partial charge >= 0.3 is 0 Å². The second-order valence-electron chi connectivity index (χ2n) is 4.93. The molecular weight excluding hydrogens is 224 g/mol. The topological polar surface area (TPSA) is 26.3 Å². The van der Waals surface area contributed by atoms with Crippen molar-refractivity contribution in [2.24, 2.45) is 0 Å². The Balaban J connectivity index is 2.29. The number of allylic oxidation sites excluding steroid dienone is 1. The van der Waals surface area contributed by atoms with Crippen molar-refractivity contribution in [3.63, 3.8) is 0 Å². The predicted octanol–water partition coefficient (Wildman–Crippen LogP) is 3.96. The van der Waals surface area contributed by atoms with Crippen LogP contribution in [0.1, 0.15) is 49.7 Å². The van der Waals surface area contributed by atoms with Gasteiger partial charge in [-0.3, -0.25) is 4.79 Å². The molecule has 1 saturated carbocycles. The number of methoxy groups -OCH3 is 1. The van der Waals surface area contributed by atoms with Gasteiger partial charge in [0.05, 0.1) is 7.11 Å². The SMILES string of the molecule is COc1ccc(/C=C/C(C)=O)cc1C1CCCC1. The monoisotopic (exact) mass is 244 g/mol. The maximum atomic E-state index is 11.0. The van der Waals surface area contributed by atoms with Crippen LogP contribution in [-0.4, -0.2) is 12.9 Å². The lowest BCUT2D eigenvalue weighted by atomic mass is 9.94. The minimum Gasteiger partial charge on any atom is -0.496 e. The first-order chi connectivity index (χ1) is 8.70. The smallest absolute Gasteiger partial charge is 0.152 e. The average molecular weight is 244 g/mol. The summed E-state index contributed by atoms with van der Waals surface area (Å²) in [6, 6.07) is 6.17. The summed E-state index contributed by atoms with van der Waals surface area (Å²) in [5.74, 6) is 1.67. The van der Waals surface area contributed by atoms with Crippen LogP contribution in [0.25, 0.3) is 6.08 Å². The van der Waals surface area contributed by atoms with E-state index in [1.54, 1.807) is 20.1 Å². The van der Waals surface area contributed by atoms with E-state index in [2.05, 4.69) is 6.07 Å². The van der Waals surface area contributed by atoms with Crippen LogP contribution in [0.3, 0.4) is 0 Å². The van der Waals surface area contributed by atoms with Crippen molar-refractivity contribution in [1.29, 1.82) is 0 Å². The van der Waals surface area contributed by atoms with Gasteiger partial charge in [-0.2, -0.15) is 0 Å². The first-order valence-electron chi connectivity index (χ1n) is 6.57. The highest BCUT2D eigenvalue weighted by Gasteiger charge is 2.20. The van der Waals surface area contributed by atoms with E-state index in [9.17, 15) is 4.79 Å². The van der Waals surface area contributed by atoms with Crippen molar-refractivity contribution in [3.8, 4) is 5.75 Å². The first-order valence-corrected chi connectivity index (χ1v) is 6.57. The molecule has 0 radical (unpaired) electrons. The molecule has 1 aliphatic carbocycles. The Morgan fingerprint density at radius 1 is 1.33 bits per heavy atom. The summed E-state index contributed by atoms with van der Waals surface area (Å²) in [5.41, 5.74) is 2.37. The third-order valence-electron chi connectivity index (χ3n) is 3.56. The zero-order valence-electron chi connectivity index (χ0n) is 11.1. The molecule has 0 heterocycles. The molecule has 0 saturated heterocycles. The molecule has 0 unspecified atom stereocenters. The summed E-state index contributed by atoms with van der Waals surface area (Å²) in [6.45, 7) is 1.57. The van der Waals surface area contributed by atoms with Gasteiger partial charge < -0.3 is 4.74 Å². The van der Waals surface area contributed by atoms with Gasteiger partial charge in [-0.05, 0) is 55.0 Å². The molecule has 2 heteroatoms. The molecular formula is C16H20O2.